The molecule has 3 aromatic rings. The van der Waals surface area contributed by atoms with E-state index in [-0.39, 0.29) is 5.02 Å². The highest BCUT2D eigenvalue weighted by Crippen LogP contribution is 2.36. The van der Waals surface area contributed by atoms with Crippen LogP contribution in [-0.2, 0) is 0 Å². The van der Waals surface area contributed by atoms with Crippen molar-refractivity contribution in [2.45, 2.75) is 64.8 Å². The molecule has 2 aliphatic rings. The number of aromatic amines is 1. The highest BCUT2D eigenvalue weighted by molar-refractivity contribution is 6.32. The maximum Gasteiger partial charge on any atom is 0.573 e. The maximum absolute atomic E-state index is 12.6. The van der Waals surface area contributed by atoms with Gasteiger partial charge < -0.3 is 19.5 Å². The first-order valence-electron chi connectivity index (χ1n) is 13.6. The van der Waals surface area contributed by atoms with E-state index in [0.29, 0.717) is 23.3 Å². The first-order chi connectivity index (χ1) is 18.1. The summed E-state index contributed by atoms with van der Waals surface area (Å²) in [6, 6.07) is 9.33. The highest BCUT2D eigenvalue weighted by Gasteiger charge is 2.32. The molecule has 5 rings (SSSR count). The van der Waals surface area contributed by atoms with Crippen LogP contribution in [0.3, 0.4) is 0 Å². The third-order valence-corrected chi connectivity index (χ3v) is 8.22. The van der Waals surface area contributed by atoms with Crippen molar-refractivity contribution in [3.05, 3.63) is 46.5 Å². The van der Waals surface area contributed by atoms with Gasteiger partial charge in [-0.05, 0) is 106 Å². The van der Waals surface area contributed by atoms with Crippen LogP contribution in [0.1, 0.15) is 56.6 Å². The number of aromatic nitrogens is 2. The topological polar surface area (TPSA) is 44.4 Å². The predicted molar refractivity (Wildman–Crippen MR) is 146 cm³/mol. The monoisotopic (exact) mass is 548 g/mol. The summed E-state index contributed by atoms with van der Waals surface area (Å²) in [6.45, 7) is 12.5. The summed E-state index contributed by atoms with van der Waals surface area (Å²) < 4.78 is 41.7. The predicted octanol–water partition coefficient (Wildman–Crippen LogP) is 7.39. The van der Waals surface area contributed by atoms with Crippen molar-refractivity contribution in [3.8, 4) is 17.1 Å². The molecule has 0 aliphatic carbocycles. The molecule has 38 heavy (non-hydrogen) atoms. The van der Waals surface area contributed by atoms with Gasteiger partial charge in [-0.3, -0.25) is 0 Å². The van der Waals surface area contributed by atoms with E-state index in [2.05, 4.69) is 52.4 Å². The van der Waals surface area contributed by atoms with Crippen LogP contribution >= 0.6 is 11.6 Å². The van der Waals surface area contributed by atoms with Crippen molar-refractivity contribution < 1.29 is 17.9 Å². The number of ether oxygens (including phenoxy) is 1. The molecule has 1 aromatic heterocycles. The van der Waals surface area contributed by atoms with Gasteiger partial charge in [0.15, 0.2) is 0 Å². The van der Waals surface area contributed by atoms with E-state index in [1.165, 1.54) is 56.2 Å². The van der Waals surface area contributed by atoms with Crippen molar-refractivity contribution in [2.24, 2.45) is 5.92 Å². The van der Waals surface area contributed by atoms with E-state index in [0.717, 1.165) is 48.4 Å². The molecule has 0 amide bonds. The third kappa shape index (κ3) is 6.29. The normalized spacial score (nSPS) is 19.1. The minimum Gasteiger partial charge on any atom is -0.404 e. The van der Waals surface area contributed by atoms with Crippen LogP contribution < -0.4 is 4.74 Å². The van der Waals surface area contributed by atoms with Gasteiger partial charge in [0, 0.05) is 18.2 Å². The number of halogens is 4. The molecule has 2 aromatic carbocycles. The Balaban J connectivity index is 1.25. The van der Waals surface area contributed by atoms with Crippen LogP contribution in [-0.4, -0.2) is 64.9 Å². The first kappa shape index (κ1) is 27.3. The van der Waals surface area contributed by atoms with E-state index in [1.54, 1.807) is 0 Å². The second-order valence-electron chi connectivity index (χ2n) is 11.2. The number of hydrogen-bond acceptors (Lipinski definition) is 4. The standard InChI is InChI=1S/C29H36ClF3N4O/c1-18(2)17-36-10-8-23(9-11-36)37-12-6-20(7-13-37)22-14-19(3)27-25(16-22)34-28(35-27)21-4-5-26(24(30)15-21)38-29(31,32)33/h4-5,14-16,18,20,23H,6-13,17H2,1-3H3,(H,34,35). The van der Waals surface area contributed by atoms with Gasteiger partial charge in [0.2, 0.25) is 0 Å². The van der Waals surface area contributed by atoms with Gasteiger partial charge in [-0.15, -0.1) is 13.2 Å². The number of likely N-dealkylation sites (tertiary alicyclic amines) is 2. The summed E-state index contributed by atoms with van der Waals surface area (Å²) in [7, 11) is 0. The molecule has 5 nitrogen and oxygen atoms in total. The molecule has 0 saturated carbocycles. The SMILES string of the molecule is Cc1cc(C2CCN(C3CCN(CC(C)C)CC3)CC2)cc2[nH]c(-c3ccc(OC(F)(F)F)c(Cl)c3)nc12. The first-order valence-corrected chi connectivity index (χ1v) is 14.0. The second-order valence-corrected chi connectivity index (χ2v) is 11.7. The fourth-order valence-electron chi connectivity index (χ4n) is 6.13. The van der Waals surface area contributed by atoms with Crippen molar-refractivity contribution in [1.82, 2.24) is 19.8 Å². The Labute approximate surface area is 227 Å². The fraction of sp³-hybridized carbons (Fsp3) is 0.552. The molecule has 0 unspecified atom stereocenters. The molecule has 0 atom stereocenters. The molecule has 1 N–H and O–H groups in total. The molecule has 2 saturated heterocycles. The van der Waals surface area contributed by atoms with Gasteiger partial charge in [0.25, 0.3) is 0 Å². The van der Waals surface area contributed by atoms with Gasteiger partial charge in [-0.1, -0.05) is 31.5 Å². The Hall–Kier alpha value is -2.29. The molecule has 206 valence electrons. The number of fused-ring (bicyclic) bond motifs is 1. The van der Waals surface area contributed by atoms with Crippen LogP contribution in [0.2, 0.25) is 5.02 Å². The van der Waals surface area contributed by atoms with E-state index < -0.39 is 12.1 Å². The summed E-state index contributed by atoms with van der Waals surface area (Å²) in [4.78, 5) is 13.4. The van der Waals surface area contributed by atoms with Crippen LogP contribution in [0, 0.1) is 12.8 Å². The number of piperidine rings is 2. The van der Waals surface area contributed by atoms with E-state index >= 15 is 0 Å². The molecule has 0 bridgehead atoms. The van der Waals surface area contributed by atoms with Gasteiger partial charge in [-0.25, -0.2) is 4.98 Å². The van der Waals surface area contributed by atoms with Gasteiger partial charge in [0.05, 0.1) is 16.1 Å². The molecule has 2 aliphatic heterocycles. The average Bonchev–Trinajstić information content (AvgIpc) is 3.30. The molecule has 0 radical (unpaired) electrons. The summed E-state index contributed by atoms with van der Waals surface area (Å²) in [5, 5.41) is -0.116. The number of hydrogen-bond donors (Lipinski definition) is 1. The average molecular weight is 549 g/mol. The number of rotatable bonds is 6. The van der Waals surface area contributed by atoms with Crippen molar-refractivity contribution in [3.63, 3.8) is 0 Å². The molecule has 0 spiro atoms. The summed E-state index contributed by atoms with van der Waals surface area (Å²) >= 11 is 6.06. The Morgan fingerprint density at radius 3 is 2.39 bits per heavy atom. The quantitative estimate of drug-likeness (QED) is 0.349. The van der Waals surface area contributed by atoms with Gasteiger partial charge >= 0.3 is 6.36 Å². The molecule has 3 heterocycles. The smallest absolute Gasteiger partial charge is 0.404 e. The number of benzene rings is 2. The number of nitrogens with zero attached hydrogens (tertiary/aromatic N) is 3. The number of aryl methyl sites for hydroxylation is 1. The number of alkyl halides is 3. The summed E-state index contributed by atoms with van der Waals surface area (Å²) in [5.74, 6) is 1.38. The lowest BCUT2D eigenvalue weighted by atomic mass is 9.87. The zero-order chi connectivity index (χ0) is 27.0. The lowest BCUT2D eigenvalue weighted by Crippen LogP contribution is -2.48. The lowest BCUT2D eigenvalue weighted by molar-refractivity contribution is -0.274. The highest BCUT2D eigenvalue weighted by atomic mass is 35.5. The Morgan fingerprint density at radius 1 is 1.05 bits per heavy atom. The molecular weight excluding hydrogens is 513 g/mol. The van der Waals surface area contributed by atoms with Crippen molar-refractivity contribution in [2.75, 3.05) is 32.7 Å². The van der Waals surface area contributed by atoms with Gasteiger partial charge in [0.1, 0.15) is 11.6 Å². The molecular formula is C29H36ClF3N4O. The maximum atomic E-state index is 12.6. The second kappa shape index (κ2) is 11.1. The minimum atomic E-state index is -4.79. The number of nitrogens with one attached hydrogen (secondary N) is 1. The van der Waals surface area contributed by atoms with E-state index in [1.807, 2.05) is 0 Å². The minimum absolute atomic E-state index is 0.116. The van der Waals surface area contributed by atoms with Crippen molar-refractivity contribution >= 4 is 22.6 Å². The van der Waals surface area contributed by atoms with Crippen LogP contribution in [0.15, 0.2) is 30.3 Å². The summed E-state index contributed by atoms with van der Waals surface area (Å²) in [6.07, 6.45) is 0.0432. The molecule has 2 fully saturated rings. The van der Waals surface area contributed by atoms with E-state index in [9.17, 15) is 13.2 Å². The number of H-pyrrole nitrogens is 1. The summed E-state index contributed by atoms with van der Waals surface area (Å²) in [5.41, 5.74) is 4.81. The Morgan fingerprint density at radius 2 is 1.76 bits per heavy atom. The van der Waals surface area contributed by atoms with Crippen molar-refractivity contribution in [1.29, 1.82) is 0 Å². The van der Waals surface area contributed by atoms with Gasteiger partial charge in [-0.2, -0.15) is 0 Å². The van der Waals surface area contributed by atoms with Crippen LogP contribution in [0.5, 0.6) is 5.75 Å². The van der Waals surface area contributed by atoms with Crippen LogP contribution in [0.25, 0.3) is 22.4 Å². The largest absolute Gasteiger partial charge is 0.573 e. The zero-order valence-electron chi connectivity index (χ0n) is 22.2. The zero-order valence-corrected chi connectivity index (χ0v) is 23.0. The van der Waals surface area contributed by atoms with E-state index in [4.69, 9.17) is 16.6 Å². The van der Waals surface area contributed by atoms with Crippen LogP contribution in [0.4, 0.5) is 13.2 Å². The Bertz CT molecular complexity index is 1260. The number of imidazole rings is 1. The fourth-order valence-corrected chi connectivity index (χ4v) is 6.35. The molecule has 9 heteroatoms. The lowest BCUT2D eigenvalue weighted by Gasteiger charge is -2.42. The Kier molecular flexibility index (Phi) is 7.94. The third-order valence-electron chi connectivity index (χ3n) is 7.93.